The Labute approximate surface area is 219 Å². The summed E-state index contributed by atoms with van der Waals surface area (Å²) in [6.45, 7) is 4.72. The molecule has 2 saturated heterocycles. The van der Waals surface area contributed by atoms with Crippen LogP contribution in [0.3, 0.4) is 0 Å². The first kappa shape index (κ1) is 34.1. The topological polar surface area (TPSA) is 147 Å². The molecule has 0 aromatic carbocycles. The molecule has 9 atom stereocenters. The molecule has 0 bridgehead atoms. The number of nitrogens with zero attached hydrogens (tertiary/aromatic N) is 1. The van der Waals surface area contributed by atoms with Crippen molar-refractivity contribution in [1.82, 2.24) is 0 Å². The molecule has 0 saturated carbocycles. The first-order chi connectivity index (χ1) is 18.0. The monoisotopic (exact) mass is 605 g/mol. The number of alkyl halides is 6. The molecule has 2 aliphatic heterocycles. The molecule has 19 heteroatoms. The fourth-order valence-electron chi connectivity index (χ4n) is 3.76. The van der Waals surface area contributed by atoms with E-state index in [1.807, 2.05) is 0 Å². The lowest BCUT2D eigenvalue weighted by molar-refractivity contribution is -0.299. The quantitative estimate of drug-likeness (QED) is 0.0876. The molecule has 2 fully saturated rings. The van der Waals surface area contributed by atoms with Crippen LogP contribution >= 0.6 is 7.82 Å². The zero-order valence-corrected chi connectivity index (χ0v) is 21.6. The zero-order valence-electron chi connectivity index (χ0n) is 20.7. The van der Waals surface area contributed by atoms with E-state index in [0.717, 1.165) is 0 Å². The van der Waals surface area contributed by atoms with Crippen LogP contribution in [0, 0.1) is 12.5 Å². The van der Waals surface area contributed by atoms with Crippen LogP contribution in [-0.2, 0) is 37.1 Å². The van der Waals surface area contributed by atoms with E-state index in [2.05, 4.69) is 9.58 Å². The third kappa shape index (κ3) is 9.47. The molecule has 0 amide bonds. The maximum absolute atomic E-state index is 13.4. The molecule has 0 aromatic heterocycles. The van der Waals surface area contributed by atoms with Crippen LogP contribution < -0.4 is 0 Å². The molecule has 228 valence electrons. The number of ether oxygens (including phenoxy) is 4. The summed E-state index contributed by atoms with van der Waals surface area (Å²) in [4.78, 5) is 3.03. The third-order valence-electron chi connectivity index (χ3n) is 5.84. The van der Waals surface area contributed by atoms with Gasteiger partial charge in [0.05, 0.1) is 32.0 Å². The smallest absolute Gasteiger partial charge is 0.394 e. The number of phosphoric ester groups is 1. The minimum Gasteiger partial charge on any atom is -0.394 e. The summed E-state index contributed by atoms with van der Waals surface area (Å²) in [5, 5.41) is 29.5. The van der Waals surface area contributed by atoms with Crippen LogP contribution in [0.25, 0.3) is 4.85 Å². The summed E-state index contributed by atoms with van der Waals surface area (Å²) in [6, 6.07) is 0. The van der Waals surface area contributed by atoms with E-state index in [1.165, 1.54) is 13.8 Å². The van der Waals surface area contributed by atoms with Gasteiger partial charge in [-0.05, 0) is 13.8 Å². The Morgan fingerprint density at radius 2 is 1.59 bits per heavy atom. The lowest BCUT2D eigenvalue weighted by atomic mass is 10.1. The zero-order chi connectivity index (χ0) is 29.6. The minimum absolute atomic E-state index is 0.274. The van der Waals surface area contributed by atoms with E-state index in [4.69, 9.17) is 34.4 Å². The molecule has 0 aliphatic carbocycles. The second kappa shape index (κ2) is 14.2. The van der Waals surface area contributed by atoms with Crippen LogP contribution in [0.15, 0.2) is 0 Å². The highest BCUT2D eigenvalue weighted by Gasteiger charge is 2.57. The van der Waals surface area contributed by atoms with Crippen LogP contribution in [0.4, 0.5) is 26.3 Å². The number of aliphatic hydroxyl groups excluding tert-OH is 3. The van der Waals surface area contributed by atoms with Gasteiger partial charge in [-0.25, -0.2) is 11.1 Å². The lowest BCUT2D eigenvalue weighted by Gasteiger charge is -2.28. The van der Waals surface area contributed by atoms with Gasteiger partial charge in [-0.2, -0.15) is 26.3 Å². The van der Waals surface area contributed by atoms with Crippen molar-refractivity contribution in [3.05, 3.63) is 11.4 Å². The minimum atomic E-state index is -5.62. The summed E-state index contributed by atoms with van der Waals surface area (Å²) in [5.41, 5.74) is 0. The van der Waals surface area contributed by atoms with E-state index in [-0.39, 0.29) is 6.54 Å². The molecule has 2 heterocycles. The van der Waals surface area contributed by atoms with Crippen molar-refractivity contribution in [3.8, 4) is 0 Å². The Bertz CT molecular complexity index is 845. The maximum Gasteiger partial charge on any atom is 0.475 e. The summed E-state index contributed by atoms with van der Waals surface area (Å²) >= 11 is 0. The summed E-state index contributed by atoms with van der Waals surface area (Å²) < 4.78 is 126. The first-order valence-electron chi connectivity index (χ1n) is 11.6. The summed E-state index contributed by atoms with van der Waals surface area (Å²) in [7, 11) is -4.66. The number of hydrogen-bond acceptors (Lipinski definition) is 11. The molecule has 2 aliphatic rings. The largest absolute Gasteiger partial charge is 0.475 e. The number of phosphoric acid groups is 1. The van der Waals surface area contributed by atoms with Gasteiger partial charge >= 0.3 is 20.2 Å². The molecule has 0 aromatic rings. The van der Waals surface area contributed by atoms with Gasteiger partial charge < -0.3 is 39.1 Å². The van der Waals surface area contributed by atoms with Crippen LogP contribution in [0.2, 0.25) is 0 Å². The average molecular weight is 605 g/mol. The molecular formula is C20H30F6NO11P. The fourth-order valence-corrected chi connectivity index (χ4v) is 5.15. The van der Waals surface area contributed by atoms with Gasteiger partial charge in [0.1, 0.15) is 50.0 Å². The second-order valence-electron chi connectivity index (χ2n) is 8.71. The van der Waals surface area contributed by atoms with Crippen LogP contribution in [0.1, 0.15) is 13.8 Å². The van der Waals surface area contributed by atoms with Crippen molar-refractivity contribution in [3.63, 3.8) is 0 Å². The lowest BCUT2D eigenvalue weighted by Crippen LogP contribution is -2.41. The Hall–Kier alpha value is -1.10. The van der Waals surface area contributed by atoms with Gasteiger partial charge in [-0.3, -0.25) is 13.6 Å². The molecule has 3 unspecified atom stereocenters. The van der Waals surface area contributed by atoms with Crippen LogP contribution in [0.5, 0.6) is 0 Å². The van der Waals surface area contributed by atoms with Crippen molar-refractivity contribution < 1.29 is 78.7 Å². The first-order valence-corrected chi connectivity index (χ1v) is 13.0. The van der Waals surface area contributed by atoms with Gasteiger partial charge in [0.2, 0.25) is 6.54 Å². The van der Waals surface area contributed by atoms with E-state index in [9.17, 15) is 46.2 Å². The summed E-state index contributed by atoms with van der Waals surface area (Å²) in [6.07, 6.45) is -20.9. The highest BCUT2D eigenvalue weighted by atomic mass is 31.2. The van der Waals surface area contributed by atoms with Crippen LogP contribution in [-0.4, -0.2) is 116 Å². The van der Waals surface area contributed by atoms with E-state index >= 15 is 0 Å². The Morgan fingerprint density at radius 1 is 0.974 bits per heavy atom. The predicted octanol–water partition coefficient (Wildman–Crippen LogP) is 1.82. The van der Waals surface area contributed by atoms with Crippen molar-refractivity contribution in [1.29, 1.82) is 0 Å². The number of aliphatic hydroxyl groups is 3. The molecular weight excluding hydrogens is 575 g/mol. The van der Waals surface area contributed by atoms with Gasteiger partial charge in [0.25, 0.3) is 0 Å². The SMILES string of the molecule is [C-]#[N+]CCOP(=O)(OC[C@H]1O[C@@H](C)C(O)[C@H]1O)O[C@@H]1C(OCOCC(C(F)(F)F)C(F)(F)F)[C@H](C)O[C@@H]1CO. The molecule has 2 rings (SSSR count). The predicted molar refractivity (Wildman–Crippen MR) is 115 cm³/mol. The number of rotatable bonds is 14. The van der Waals surface area contributed by atoms with Crippen molar-refractivity contribution in [2.75, 3.05) is 39.8 Å². The molecule has 12 nitrogen and oxygen atoms in total. The van der Waals surface area contributed by atoms with E-state index in [1.54, 1.807) is 0 Å². The van der Waals surface area contributed by atoms with Gasteiger partial charge in [0.15, 0.2) is 5.92 Å². The number of hydrogen-bond donors (Lipinski definition) is 3. The highest BCUT2D eigenvalue weighted by molar-refractivity contribution is 7.48. The van der Waals surface area contributed by atoms with E-state index in [0.29, 0.717) is 0 Å². The molecule has 3 N–H and O–H groups in total. The molecule has 0 radical (unpaired) electrons. The Morgan fingerprint density at radius 3 is 2.10 bits per heavy atom. The Kier molecular flexibility index (Phi) is 12.4. The standard InChI is InChI=1S/C20H30F6NO11P/c1-10-15(29)16(30)13(36-10)7-35-39(31,34-5-4-27-3)38-18-12(6-28)37-11(2)17(18)33-9-32-8-14(19(21,22)23)20(24,25)26/h10-18,28-30H,4-9H2,1-2H3/t10-,11-,12+,13+,15?,16-,17?,18-,39?/m0/s1. The van der Waals surface area contributed by atoms with Gasteiger partial charge in [-0.1, -0.05) is 0 Å². The highest BCUT2D eigenvalue weighted by Crippen LogP contribution is 2.53. The van der Waals surface area contributed by atoms with Crippen molar-refractivity contribution in [2.45, 2.75) is 75.0 Å². The number of halogens is 6. The average Bonchev–Trinajstić information content (AvgIpc) is 3.25. The fraction of sp³-hybridized carbons (Fsp3) is 0.950. The molecule has 0 spiro atoms. The third-order valence-corrected chi connectivity index (χ3v) is 7.31. The normalized spacial score (nSPS) is 33.4. The van der Waals surface area contributed by atoms with E-state index < -0.39 is 108 Å². The van der Waals surface area contributed by atoms with Crippen molar-refractivity contribution in [2.24, 2.45) is 5.92 Å². The maximum atomic E-state index is 13.4. The van der Waals surface area contributed by atoms with Gasteiger partial charge in [0, 0.05) is 0 Å². The summed E-state index contributed by atoms with van der Waals surface area (Å²) in [5.74, 6) is -3.76. The van der Waals surface area contributed by atoms with Gasteiger partial charge in [-0.15, -0.1) is 0 Å². The van der Waals surface area contributed by atoms with Crippen molar-refractivity contribution >= 4 is 7.82 Å². The molecule has 39 heavy (non-hydrogen) atoms. The Balaban J connectivity index is 2.10. The second-order valence-corrected chi connectivity index (χ2v) is 10.3.